The number of hydrogen-bond acceptors (Lipinski definition) is 6. The lowest BCUT2D eigenvalue weighted by atomic mass is 10.2. The number of ether oxygens (including phenoxy) is 1. The van der Waals surface area contributed by atoms with Crippen LogP contribution in [0, 0.1) is 6.92 Å². The summed E-state index contributed by atoms with van der Waals surface area (Å²) in [6.45, 7) is 4.97. The Balaban J connectivity index is 1.85. The molecule has 2 aromatic heterocycles. The Hall–Kier alpha value is -1.99. The highest BCUT2D eigenvalue weighted by Gasteiger charge is 2.27. The number of aryl methyl sites for hydroxylation is 1. The lowest BCUT2D eigenvalue weighted by Gasteiger charge is -2.34. The van der Waals surface area contributed by atoms with Gasteiger partial charge in [0.05, 0.1) is 19.3 Å². The molecule has 7 nitrogen and oxygen atoms in total. The molecule has 2 aromatic rings. The Morgan fingerprint density at radius 3 is 3.14 bits per heavy atom. The number of morpholine rings is 1. The van der Waals surface area contributed by atoms with Gasteiger partial charge in [-0.15, -0.1) is 0 Å². The minimum atomic E-state index is 0.0639. The summed E-state index contributed by atoms with van der Waals surface area (Å²) in [4.78, 5) is 11.5. The van der Waals surface area contributed by atoms with Crippen molar-refractivity contribution in [1.82, 2.24) is 25.1 Å². The van der Waals surface area contributed by atoms with Gasteiger partial charge in [0.1, 0.15) is 11.6 Å². The molecule has 2 N–H and O–H groups in total. The predicted molar refractivity (Wildman–Crippen MR) is 78.9 cm³/mol. The molecular formula is C14H20N6O. The second kappa shape index (κ2) is 6.19. The Morgan fingerprint density at radius 1 is 1.48 bits per heavy atom. The molecule has 21 heavy (non-hydrogen) atoms. The van der Waals surface area contributed by atoms with Crippen molar-refractivity contribution in [3.8, 4) is 0 Å². The van der Waals surface area contributed by atoms with Crippen LogP contribution in [0.1, 0.15) is 23.3 Å². The van der Waals surface area contributed by atoms with Gasteiger partial charge in [-0.3, -0.25) is 10.00 Å². The summed E-state index contributed by atoms with van der Waals surface area (Å²) >= 11 is 0. The molecule has 1 aliphatic heterocycles. The lowest BCUT2D eigenvalue weighted by Crippen LogP contribution is -2.40. The molecular weight excluding hydrogens is 268 g/mol. The molecule has 0 radical (unpaired) electrons. The van der Waals surface area contributed by atoms with Crippen molar-refractivity contribution in [2.24, 2.45) is 0 Å². The van der Waals surface area contributed by atoms with Crippen molar-refractivity contribution in [1.29, 1.82) is 0 Å². The van der Waals surface area contributed by atoms with Crippen molar-refractivity contribution >= 4 is 5.82 Å². The van der Waals surface area contributed by atoms with Crippen LogP contribution in [0.2, 0.25) is 0 Å². The van der Waals surface area contributed by atoms with E-state index in [0.29, 0.717) is 6.61 Å². The number of H-pyrrole nitrogens is 1. The maximum absolute atomic E-state index is 5.63. The van der Waals surface area contributed by atoms with Crippen LogP contribution in [-0.2, 0) is 11.3 Å². The van der Waals surface area contributed by atoms with Crippen molar-refractivity contribution in [3.63, 3.8) is 0 Å². The quantitative estimate of drug-likeness (QED) is 0.878. The molecule has 1 saturated heterocycles. The number of aromatic nitrogens is 4. The standard InChI is InChI=1S/C14H20N6O/c1-10-7-13(15-2)18-14(17-10)12-9-21-6-5-20(12)8-11-3-4-16-19-11/h3-4,7,12H,5-6,8-9H2,1-2H3,(H,16,19)(H,15,17,18). The van der Waals surface area contributed by atoms with E-state index in [-0.39, 0.29) is 6.04 Å². The van der Waals surface area contributed by atoms with Crippen LogP contribution in [0.5, 0.6) is 0 Å². The Kier molecular flexibility index (Phi) is 4.12. The van der Waals surface area contributed by atoms with Gasteiger partial charge >= 0.3 is 0 Å². The van der Waals surface area contributed by atoms with Crippen LogP contribution >= 0.6 is 0 Å². The normalized spacial score (nSPS) is 19.6. The van der Waals surface area contributed by atoms with E-state index in [1.807, 2.05) is 26.1 Å². The van der Waals surface area contributed by atoms with Gasteiger partial charge in [0.25, 0.3) is 0 Å². The van der Waals surface area contributed by atoms with Crippen LogP contribution in [-0.4, -0.2) is 51.9 Å². The van der Waals surface area contributed by atoms with Gasteiger partial charge < -0.3 is 10.1 Å². The molecule has 1 atom stereocenters. The van der Waals surface area contributed by atoms with E-state index in [9.17, 15) is 0 Å². The molecule has 3 heterocycles. The molecule has 0 amide bonds. The maximum Gasteiger partial charge on any atom is 0.150 e. The highest BCUT2D eigenvalue weighted by Crippen LogP contribution is 2.24. The summed E-state index contributed by atoms with van der Waals surface area (Å²) in [5, 5.41) is 10.1. The highest BCUT2D eigenvalue weighted by atomic mass is 16.5. The van der Waals surface area contributed by atoms with Crippen molar-refractivity contribution in [3.05, 3.63) is 35.5 Å². The molecule has 0 aromatic carbocycles. The third kappa shape index (κ3) is 3.20. The topological polar surface area (TPSA) is 79.0 Å². The average Bonchev–Trinajstić information content (AvgIpc) is 3.00. The van der Waals surface area contributed by atoms with Gasteiger partial charge in [-0.1, -0.05) is 0 Å². The van der Waals surface area contributed by atoms with Crippen LogP contribution < -0.4 is 5.32 Å². The maximum atomic E-state index is 5.63. The summed E-state index contributed by atoms with van der Waals surface area (Å²) in [6.07, 6.45) is 1.77. The van der Waals surface area contributed by atoms with Crippen LogP contribution in [0.25, 0.3) is 0 Å². The van der Waals surface area contributed by atoms with Gasteiger partial charge in [0, 0.05) is 43.8 Å². The second-order valence-corrected chi connectivity index (χ2v) is 5.15. The van der Waals surface area contributed by atoms with E-state index in [1.165, 1.54) is 0 Å². The molecule has 0 aliphatic carbocycles. The fourth-order valence-electron chi connectivity index (χ4n) is 2.53. The molecule has 0 saturated carbocycles. The van der Waals surface area contributed by atoms with E-state index in [2.05, 4.69) is 30.4 Å². The third-order valence-corrected chi connectivity index (χ3v) is 3.60. The van der Waals surface area contributed by atoms with E-state index < -0.39 is 0 Å². The first-order valence-corrected chi connectivity index (χ1v) is 7.09. The summed E-state index contributed by atoms with van der Waals surface area (Å²) in [7, 11) is 1.87. The smallest absolute Gasteiger partial charge is 0.150 e. The van der Waals surface area contributed by atoms with Gasteiger partial charge in [-0.2, -0.15) is 5.10 Å². The monoisotopic (exact) mass is 288 g/mol. The lowest BCUT2D eigenvalue weighted by molar-refractivity contribution is -0.0164. The number of aromatic amines is 1. The van der Waals surface area contributed by atoms with E-state index in [4.69, 9.17) is 4.74 Å². The summed E-state index contributed by atoms with van der Waals surface area (Å²) in [5.41, 5.74) is 2.04. The van der Waals surface area contributed by atoms with Crippen molar-refractivity contribution < 1.29 is 4.74 Å². The highest BCUT2D eigenvalue weighted by molar-refractivity contribution is 5.35. The number of rotatable bonds is 4. The number of hydrogen-bond donors (Lipinski definition) is 2. The molecule has 7 heteroatoms. The number of anilines is 1. The summed E-state index contributed by atoms with van der Waals surface area (Å²) in [6, 6.07) is 3.99. The van der Waals surface area contributed by atoms with Crippen LogP contribution in [0.15, 0.2) is 18.3 Å². The molecule has 1 fully saturated rings. The van der Waals surface area contributed by atoms with Gasteiger partial charge in [-0.25, -0.2) is 9.97 Å². The van der Waals surface area contributed by atoms with Crippen molar-refractivity contribution in [2.75, 3.05) is 32.1 Å². The Bertz CT molecular complexity index is 585. The van der Waals surface area contributed by atoms with Gasteiger partial charge in [0.2, 0.25) is 0 Å². The van der Waals surface area contributed by atoms with E-state index in [1.54, 1.807) is 6.20 Å². The first kappa shape index (κ1) is 14.0. The predicted octanol–water partition coefficient (Wildman–Crippen LogP) is 1.12. The van der Waals surface area contributed by atoms with Crippen molar-refractivity contribution in [2.45, 2.75) is 19.5 Å². The number of nitrogens with one attached hydrogen (secondary N) is 2. The fraction of sp³-hybridized carbons (Fsp3) is 0.500. The molecule has 0 spiro atoms. The second-order valence-electron chi connectivity index (χ2n) is 5.15. The Labute approximate surface area is 123 Å². The minimum absolute atomic E-state index is 0.0639. The first-order chi connectivity index (χ1) is 10.3. The molecule has 0 bridgehead atoms. The van der Waals surface area contributed by atoms with Gasteiger partial charge in [0.15, 0.2) is 0 Å². The zero-order valence-electron chi connectivity index (χ0n) is 12.3. The first-order valence-electron chi connectivity index (χ1n) is 7.09. The molecule has 1 aliphatic rings. The minimum Gasteiger partial charge on any atom is -0.378 e. The SMILES string of the molecule is CNc1cc(C)nc(C2COCCN2Cc2ccn[nH]2)n1. The largest absolute Gasteiger partial charge is 0.378 e. The number of nitrogens with zero attached hydrogens (tertiary/aromatic N) is 4. The Morgan fingerprint density at radius 2 is 2.38 bits per heavy atom. The molecule has 1 unspecified atom stereocenters. The van der Waals surface area contributed by atoms with E-state index in [0.717, 1.165) is 42.7 Å². The summed E-state index contributed by atoms with van der Waals surface area (Å²) in [5.74, 6) is 1.64. The molecule has 112 valence electrons. The zero-order valence-corrected chi connectivity index (χ0v) is 12.3. The average molecular weight is 288 g/mol. The third-order valence-electron chi connectivity index (χ3n) is 3.60. The molecule has 3 rings (SSSR count). The summed E-state index contributed by atoms with van der Waals surface area (Å²) < 4.78 is 5.63. The van der Waals surface area contributed by atoms with Crippen LogP contribution in [0.4, 0.5) is 5.82 Å². The van der Waals surface area contributed by atoms with Crippen LogP contribution in [0.3, 0.4) is 0 Å². The fourth-order valence-corrected chi connectivity index (χ4v) is 2.53. The van der Waals surface area contributed by atoms with Gasteiger partial charge in [-0.05, 0) is 13.0 Å². The zero-order chi connectivity index (χ0) is 14.7. The van der Waals surface area contributed by atoms with E-state index >= 15 is 0 Å².